The van der Waals surface area contributed by atoms with Crippen molar-refractivity contribution in [3.63, 3.8) is 0 Å². The van der Waals surface area contributed by atoms with Gasteiger partial charge in [0.1, 0.15) is 11.5 Å². The number of fused-ring (bicyclic) bond motifs is 1. The second-order valence-corrected chi connectivity index (χ2v) is 6.78. The highest BCUT2D eigenvalue weighted by molar-refractivity contribution is 7.98. The number of benzene rings is 1. The van der Waals surface area contributed by atoms with E-state index in [-0.39, 0.29) is 5.75 Å². The van der Waals surface area contributed by atoms with Gasteiger partial charge < -0.3 is 14.5 Å². The molecule has 0 saturated carbocycles. The number of aryl methyl sites for hydroxylation is 1. The van der Waals surface area contributed by atoms with Crippen LogP contribution in [0, 0.1) is 20.8 Å². The summed E-state index contributed by atoms with van der Waals surface area (Å²) >= 11 is 1.49. The summed E-state index contributed by atoms with van der Waals surface area (Å²) in [4.78, 5) is 12.1. The quantitative estimate of drug-likeness (QED) is 0.624. The third-order valence-corrected chi connectivity index (χ3v) is 5.21. The minimum absolute atomic E-state index is 0.151. The molecule has 0 spiro atoms. The summed E-state index contributed by atoms with van der Waals surface area (Å²) in [6, 6.07) is 3.36. The second kappa shape index (κ2) is 7.49. The lowest BCUT2D eigenvalue weighted by Gasteiger charge is -2.10. The summed E-state index contributed by atoms with van der Waals surface area (Å²) in [5.74, 6) is 1.56. The number of halogens is 2. The average molecular weight is 379 g/mol. The molecule has 0 unspecified atom stereocenters. The molecule has 0 saturated heterocycles. The van der Waals surface area contributed by atoms with Gasteiger partial charge in [0.2, 0.25) is 0 Å². The van der Waals surface area contributed by atoms with Crippen LogP contribution >= 0.6 is 11.8 Å². The molecule has 1 aromatic carbocycles. The number of nitrogens with one attached hydrogen (secondary N) is 1. The minimum Gasteiger partial charge on any atom is -0.496 e. The van der Waals surface area contributed by atoms with Crippen molar-refractivity contribution in [3.05, 3.63) is 40.7 Å². The van der Waals surface area contributed by atoms with Gasteiger partial charge in [-0.05, 0) is 38.0 Å². The van der Waals surface area contributed by atoms with Gasteiger partial charge in [0.15, 0.2) is 5.16 Å². The lowest BCUT2D eigenvalue weighted by Crippen LogP contribution is -2.04. The molecule has 0 fully saturated rings. The number of H-pyrrole nitrogens is 1. The Balaban J connectivity index is 1.87. The number of thioether (sulfide) groups is 1. The van der Waals surface area contributed by atoms with Crippen LogP contribution in [0.15, 0.2) is 23.5 Å². The molecular formula is C18H19F2N3O2S. The van der Waals surface area contributed by atoms with Crippen LogP contribution in [-0.4, -0.2) is 28.7 Å². The normalized spacial score (nSPS) is 11.3. The van der Waals surface area contributed by atoms with Crippen LogP contribution in [0.2, 0.25) is 0 Å². The largest absolute Gasteiger partial charge is 0.496 e. The summed E-state index contributed by atoms with van der Waals surface area (Å²) in [5.41, 5.74) is 4.82. The Bertz CT molecular complexity index is 944. The van der Waals surface area contributed by atoms with Crippen molar-refractivity contribution < 1.29 is 18.3 Å². The van der Waals surface area contributed by atoms with Crippen LogP contribution in [0.5, 0.6) is 11.5 Å². The van der Waals surface area contributed by atoms with Gasteiger partial charge in [0.25, 0.3) is 0 Å². The Morgan fingerprint density at radius 3 is 2.62 bits per heavy atom. The fourth-order valence-electron chi connectivity index (χ4n) is 2.71. The molecule has 2 heterocycles. The molecule has 0 aliphatic carbocycles. The number of methoxy groups -OCH3 is 1. The standard InChI is InChI=1S/C18H19F2N3O2S/c1-9-10(2)16-12(7-15(9)25-17(19)20)22-18(23-16)26-8-13-11(3)14(24-4)5-6-21-13/h5-7,17H,8H2,1-4H3,(H,22,23). The molecule has 0 amide bonds. The van der Waals surface area contributed by atoms with Gasteiger partial charge in [0, 0.05) is 23.6 Å². The molecule has 3 aromatic rings. The number of aromatic amines is 1. The molecule has 138 valence electrons. The predicted molar refractivity (Wildman–Crippen MR) is 97.3 cm³/mol. The first-order chi connectivity index (χ1) is 12.4. The van der Waals surface area contributed by atoms with E-state index in [1.54, 1.807) is 26.3 Å². The Morgan fingerprint density at radius 1 is 1.15 bits per heavy atom. The van der Waals surface area contributed by atoms with Gasteiger partial charge in [-0.3, -0.25) is 4.98 Å². The van der Waals surface area contributed by atoms with Crippen molar-refractivity contribution in [1.82, 2.24) is 15.0 Å². The SMILES string of the molecule is COc1ccnc(CSc2nc3cc(OC(F)F)c(C)c(C)c3[nH]2)c1C. The molecule has 0 atom stereocenters. The van der Waals surface area contributed by atoms with Crippen molar-refractivity contribution in [2.45, 2.75) is 38.3 Å². The summed E-state index contributed by atoms with van der Waals surface area (Å²) in [6.45, 7) is 2.71. The van der Waals surface area contributed by atoms with Gasteiger partial charge in [-0.25, -0.2) is 4.98 Å². The van der Waals surface area contributed by atoms with Gasteiger partial charge in [-0.1, -0.05) is 11.8 Å². The van der Waals surface area contributed by atoms with E-state index in [1.165, 1.54) is 11.8 Å². The number of alkyl halides is 2. The van der Waals surface area contributed by atoms with E-state index in [9.17, 15) is 8.78 Å². The molecule has 5 nitrogen and oxygen atoms in total. The van der Waals surface area contributed by atoms with Crippen LogP contribution in [-0.2, 0) is 5.75 Å². The lowest BCUT2D eigenvalue weighted by atomic mass is 10.1. The maximum Gasteiger partial charge on any atom is 0.387 e. The molecule has 2 aromatic heterocycles. The van der Waals surface area contributed by atoms with Crippen LogP contribution in [0.4, 0.5) is 8.78 Å². The zero-order chi connectivity index (χ0) is 18.8. The first-order valence-corrected chi connectivity index (χ1v) is 8.95. The molecule has 3 rings (SSSR count). The number of pyridine rings is 1. The summed E-state index contributed by atoms with van der Waals surface area (Å²) < 4.78 is 35.1. The Labute approximate surface area is 154 Å². The zero-order valence-electron chi connectivity index (χ0n) is 14.9. The second-order valence-electron chi connectivity index (χ2n) is 5.81. The Kier molecular flexibility index (Phi) is 5.31. The van der Waals surface area contributed by atoms with Gasteiger partial charge in [0.05, 0.1) is 23.8 Å². The van der Waals surface area contributed by atoms with Crippen LogP contribution in [0.1, 0.15) is 22.4 Å². The summed E-state index contributed by atoms with van der Waals surface area (Å²) in [7, 11) is 1.63. The highest BCUT2D eigenvalue weighted by atomic mass is 32.2. The topological polar surface area (TPSA) is 60.0 Å². The van der Waals surface area contributed by atoms with Crippen LogP contribution < -0.4 is 9.47 Å². The molecule has 26 heavy (non-hydrogen) atoms. The zero-order valence-corrected chi connectivity index (χ0v) is 15.7. The van der Waals surface area contributed by atoms with Crippen molar-refractivity contribution in [2.75, 3.05) is 7.11 Å². The molecule has 0 aliphatic heterocycles. The third kappa shape index (κ3) is 3.60. The van der Waals surface area contributed by atoms with E-state index in [0.717, 1.165) is 28.1 Å². The highest BCUT2D eigenvalue weighted by Gasteiger charge is 2.15. The number of imidazole rings is 1. The smallest absolute Gasteiger partial charge is 0.387 e. The Hall–Kier alpha value is -2.35. The minimum atomic E-state index is -2.86. The van der Waals surface area contributed by atoms with Crippen molar-refractivity contribution >= 4 is 22.8 Å². The lowest BCUT2D eigenvalue weighted by molar-refractivity contribution is -0.0502. The summed E-state index contributed by atoms with van der Waals surface area (Å²) in [5, 5.41) is 0.695. The van der Waals surface area contributed by atoms with Gasteiger partial charge in [-0.15, -0.1) is 0 Å². The van der Waals surface area contributed by atoms with Crippen molar-refractivity contribution in [2.24, 2.45) is 0 Å². The molecule has 0 bridgehead atoms. The first-order valence-electron chi connectivity index (χ1n) is 7.96. The van der Waals surface area contributed by atoms with E-state index in [1.807, 2.05) is 19.9 Å². The molecule has 8 heteroatoms. The van der Waals surface area contributed by atoms with E-state index >= 15 is 0 Å². The van der Waals surface area contributed by atoms with E-state index < -0.39 is 6.61 Å². The Morgan fingerprint density at radius 2 is 1.92 bits per heavy atom. The average Bonchev–Trinajstić information content (AvgIpc) is 3.01. The molecule has 0 radical (unpaired) electrons. The predicted octanol–water partition coefficient (Wildman–Crippen LogP) is 4.79. The van der Waals surface area contributed by atoms with Crippen molar-refractivity contribution in [3.8, 4) is 11.5 Å². The molecule has 1 N–H and O–H groups in total. The fourth-order valence-corrected chi connectivity index (χ4v) is 3.61. The monoisotopic (exact) mass is 379 g/mol. The van der Waals surface area contributed by atoms with Gasteiger partial charge in [-0.2, -0.15) is 8.78 Å². The number of nitrogens with zero attached hydrogens (tertiary/aromatic N) is 2. The van der Waals surface area contributed by atoms with Crippen LogP contribution in [0.3, 0.4) is 0 Å². The third-order valence-electron chi connectivity index (χ3n) is 4.33. The van der Waals surface area contributed by atoms with E-state index in [0.29, 0.717) is 22.0 Å². The van der Waals surface area contributed by atoms with E-state index in [2.05, 4.69) is 19.7 Å². The molecule has 0 aliphatic rings. The molecular weight excluding hydrogens is 360 g/mol. The maximum atomic E-state index is 12.6. The van der Waals surface area contributed by atoms with E-state index in [4.69, 9.17) is 4.74 Å². The number of aromatic nitrogens is 3. The fraction of sp³-hybridized carbons (Fsp3) is 0.333. The number of ether oxygens (including phenoxy) is 2. The summed E-state index contributed by atoms with van der Waals surface area (Å²) in [6.07, 6.45) is 1.71. The van der Waals surface area contributed by atoms with Gasteiger partial charge >= 0.3 is 6.61 Å². The first kappa shape index (κ1) is 18.4. The number of hydrogen-bond acceptors (Lipinski definition) is 5. The number of hydrogen-bond donors (Lipinski definition) is 1. The van der Waals surface area contributed by atoms with Crippen LogP contribution in [0.25, 0.3) is 11.0 Å². The maximum absolute atomic E-state index is 12.6. The van der Waals surface area contributed by atoms with Crippen molar-refractivity contribution in [1.29, 1.82) is 0 Å². The number of rotatable bonds is 6. The highest BCUT2D eigenvalue weighted by Crippen LogP contribution is 2.32.